The smallest absolute Gasteiger partial charge is 0.253 e. The molecule has 0 bridgehead atoms. The summed E-state index contributed by atoms with van der Waals surface area (Å²) < 4.78 is 0. The molecule has 4 aliphatic rings. The standard InChI is InChI=1S/C24H22ClN3O3/c1-2-26-16-10-5-3-8-14(16)24(23(26)31)20-19(18-12-7-13-27(18)24)21(29)28(22(20)30)17-11-6-4-9-15(17)25/h3-6,8-11,18-20H,2,7,12-13H2,1H3/t18-,19-,20+,24+/m1/s1. The molecule has 0 N–H and O–H groups in total. The molecule has 6 rings (SSSR count). The summed E-state index contributed by atoms with van der Waals surface area (Å²) in [5, 5.41) is 0.356. The predicted octanol–water partition coefficient (Wildman–Crippen LogP) is 3.19. The number of hydrogen-bond donors (Lipinski definition) is 0. The molecule has 0 unspecified atom stereocenters. The first-order chi connectivity index (χ1) is 15.0. The van der Waals surface area contributed by atoms with Crippen molar-refractivity contribution in [3.8, 4) is 0 Å². The largest absolute Gasteiger partial charge is 0.310 e. The van der Waals surface area contributed by atoms with Crippen molar-refractivity contribution in [3.63, 3.8) is 0 Å². The number of carbonyl (C=O) groups is 3. The van der Waals surface area contributed by atoms with E-state index in [0.29, 0.717) is 23.8 Å². The van der Waals surface area contributed by atoms with Crippen LogP contribution < -0.4 is 9.80 Å². The molecule has 4 atom stereocenters. The fourth-order valence-electron chi connectivity index (χ4n) is 6.52. The van der Waals surface area contributed by atoms with Crippen LogP contribution >= 0.6 is 11.6 Å². The van der Waals surface area contributed by atoms with Crippen molar-refractivity contribution in [2.24, 2.45) is 11.8 Å². The predicted molar refractivity (Wildman–Crippen MR) is 117 cm³/mol. The molecular weight excluding hydrogens is 414 g/mol. The molecule has 31 heavy (non-hydrogen) atoms. The fraction of sp³-hybridized carbons (Fsp3) is 0.375. The maximum absolute atomic E-state index is 14.0. The van der Waals surface area contributed by atoms with Crippen LogP contribution in [0.2, 0.25) is 5.02 Å². The van der Waals surface area contributed by atoms with Crippen LogP contribution in [0.5, 0.6) is 0 Å². The molecule has 7 heteroatoms. The van der Waals surface area contributed by atoms with Gasteiger partial charge in [0.15, 0.2) is 0 Å². The Morgan fingerprint density at radius 3 is 2.45 bits per heavy atom. The number of imide groups is 1. The first-order valence-electron chi connectivity index (χ1n) is 10.8. The van der Waals surface area contributed by atoms with E-state index in [1.54, 1.807) is 29.2 Å². The van der Waals surface area contributed by atoms with E-state index in [0.717, 1.165) is 24.1 Å². The summed E-state index contributed by atoms with van der Waals surface area (Å²) >= 11 is 6.38. The maximum atomic E-state index is 14.0. The van der Waals surface area contributed by atoms with Crippen LogP contribution in [0.4, 0.5) is 11.4 Å². The van der Waals surface area contributed by atoms with Crippen LogP contribution in [0.15, 0.2) is 48.5 Å². The van der Waals surface area contributed by atoms with Gasteiger partial charge in [0.1, 0.15) is 5.54 Å². The zero-order valence-corrected chi connectivity index (χ0v) is 17.9. The minimum Gasteiger partial charge on any atom is -0.310 e. The van der Waals surface area contributed by atoms with Gasteiger partial charge in [0.05, 0.1) is 22.5 Å². The maximum Gasteiger partial charge on any atom is 0.253 e. The summed E-state index contributed by atoms with van der Waals surface area (Å²) in [6.45, 7) is 3.17. The molecule has 0 saturated carbocycles. The number of para-hydroxylation sites is 2. The lowest BCUT2D eigenvalue weighted by Gasteiger charge is -2.37. The number of carbonyl (C=O) groups excluding carboxylic acids is 3. The third kappa shape index (κ3) is 2.10. The second-order valence-corrected chi connectivity index (χ2v) is 9.11. The summed E-state index contributed by atoms with van der Waals surface area (Å²) in [6.07, 6.45) is 1.71. The Labute approximate surface area is 185 Å². The molecule has 1 spiro atoms. The molecule has 4 aliphatic heterocycles. The minimum atomic E-state index is -1.12. The van der Waals surface area contributed by atoms with E-state index in [9.17, 15) is 14.4 Å². The van der Waals surface area contributed by atoms with Gasteiger partial charge >= 0.3 is 0 Å². The van der Waals surface area contributed by atoms with Crippen LogP contribution in [0, 0.1) is 11.8 Å². The molecular formula is C24H22ClN3O3. The normalized spacial score (nSPS) is 31.7. The van der Waals surface area contributed by atoms with Crippen molar-refractivity contribution in [2.45, 2.75) is 31.3 Å². The molecule has 0 aliphatic carbocycles. The fourth-order valence-corrected chi connectivity index (χ4v) is 6.75. The molecule has 0 aromatic heterocycles. The molecule has 0 radical (unpaired) electrons. The molecule has 3 amide bonds. The van der Waals surface area contributed by atoms with Crippen LogP contribution in [-0.2, 0) is 19.9 Å². The Morgan fingerprint density at radius 2 is 1.71 bits per heavy atom. The lowest BCUT2D eigenvalue weighted by atomic mass is 9.75. The number of anilines is 2. The molecule has 6 nitrogen and oxygen atoms in total. The molecule has 4 heterocycles. The third-order valence-electron chi connectivity index (χ3n) is 7.55. The summed E-state index contributed by atoms with van der Waals surface area (Å²) in [5.41, 5.74) is 0.974. The lowest BCUT2D eigenvalue weighted by molar-refractivity contribution is -0.137. The summed E-state index contributed by atoms with van der Waals surface area (Å²) in [6, 6.07) is 14.5. The van der Waals surface area contributed by atoms with Crippen molar-refractivity contribution in [3.05, 3.63) is 59.1 Å². The number of rotatable bonds is 2. The lowest BCUT2D eigenvalue weighted by Crippen LogP contribution is -2.56. The molecule has 2 aromatic carbocycles. The van der Waals surface area contributed by atoms with E-state index in [1.807, 2.05) is 31.2 Å². The van der Waals surface area contributed by atoms with Crippen molar-refractivity contribution >= 4 is 40.7 Å². The van der Waals surface area contributed by atoms with Crippen LogP contribution in [-0.4, -0.2) is 41.8 Å². The van der Waals surface area contributed by atoms with Crippen molar-refractivity contribution in [1.82, 2.24) is 4.90 Å². The van der Waals surface area contributed by atoms with E-state index in [-0.39, 0.29) is 23.8 Å². The zero-order valence-electron chi connectivity index (χ0n) is 17.1. The first kappa shape index (κ1) is 19.0. The summed E-state index contributed by atoms with van der Waals surface area (Å²) in [7, 11) is 0. The number of likely N-dealkylation sites (N-methyl/N-ethyl adjacent to an activating group) is 1. The number of halogens is 1. The Morgan fingerprint density at radius 1 is 1.00 bits per heavy atom. The van der Waals surface area contributed by atoms with Crippen molar-refractivity contribution in [2.75, 3.05) is 22.9 Å². The van der Waals surface area contributed by atoms with Crippen LogP contribution in [0.25, 0.3) is 0 Å². The van der Waals surface area contributed by atoms with Gasteiger partial charge in [-0.05, 0) is 44.5 Å². The highest BCUT2D eigenvalue weighted by Gasteiger charge is 2.75. The van der Waals surface area contributed by atoms with Gasteiger partial charge in [0.25, 0.3) is 5.91 Å². The molecule has 158 valence electrons. The van der Waals surface area contributed by atoms with Gasteiger partial charge in [-0.15, -0.1) is 0 Å². The van der Waals surface area contributed by atoms with E-state index >= 15 is 0 Å². The highest BCUT2D eigenvalue weighted by molar-refractivity contribution is 6.36. The molecule has 3 saturated heterocycles. The second-order valence-electron chi connectivity index (χ2n) is 8.70. The Bertz CT molecular complexity index is 1150. The third-order valence-corrected chi connectivity index (χ3v) is 7.87. The Kier molecular flexibility index (Phi) is 3.93. The van der Waals surface area contributed by atoms with E-state index < -0.39 is 17.4 Å². The highest BCUT2D eigenvalue weighted by Crippen LogP contribution is 2.62. The van der Waals surface area contributed by atoms with Crippen molar-refractivity contribution in [1.29, 1.82) is 0 Å². The number of hydrogen-bond acceptors (Lipinski definition) is 4. The summed E-state index contributed by atoms with van der Waals surface area (Å²) in [4.78, 5) is 46.8. The van der Waals surface area contributed by atoms with Crippen LogP contribution in [0.1, 0.15) is 25.3 Å². The number of nitrogens with zero attached hydrogens (tertiary/aromatic N) is 3. The van der Waals surface area contributed by atoms with E-state index in [1.165, 1.54) is 4.90 Å². The average Bonchev–Trinajstić information content (AvgIpc) is 3.47. The van der Waals surface area contributed by atoms with Crippen molar-refractivity contribution < 1.29 is 14.4 Å². The Balaban J connectivity index is 1.59. The summed E-state index contributed by atoms with van der Waals surface area (Å²) in [5.74, 6) is -1.93. The van der Waals surface area contributed by atoms with Gasteiger partial charge in [-0.25, -0.2) is 4.90 Å². The van der Waals surface area contributed by atoms with E-state index in [2.05, 4.69) is 4.90 Å². The van der Waals surface area contributed by atoms with Gasteiger partial charge in [-0.3, -0.25) is 19.3 Å². The number of benzene rings is 2. The zero-order chi connectivity index (χ0) is 21.5. The topological polar surface area (TPSA) is 60.9 Å². The van der Waals surface area contributed by atoms with E-state index in [4.69, 9.17) is 11.6 Å². The monoisotopic (exact) mass is 435 g/mol. The number of fused-ring (bicyclic) bond motifs is 7. The Hall–Kier alpha value is -2.70. The average molecular weight is 436 g/mol. The van der Waals surface area contributed by atoms with Gasteiger partial charge in [-0.1, -0.05) is 41.9 Å². The second kappa shape index (κ2) is 6.40. The first-order valence-corrected chi connectivity index (χ1v) is 11.2. The van der Waals surface area contributed by atoms with Gasteiger partial charge < -0.3 is 4.90 Å². The molecule has 3 fully saturated rings. The van der Waals surface area contributed by atoms with Crippen LogP contribution in [0.3, 0.4) is 0 Å². The minimum absolute atomic E-state index is 0.0854. The number of amides is 3. The molecule has 2 aromatic rings. The quantitative estimate of drug-likeness (QED) is 0.680. The SMILES string of the molecule is CCN1C(=O)[C@]2(c3ccccc31)[C@@H]1C(=O)N(c3ccccc3Cl)C(=O)[C@@H]1[C@H]1CCCN12. The highest BCUT2D eigenvalue weighted by atomic mass is 35.5. The van der Waals surface area contributed by atoms with Gasteiger partial charge in [0, 0.05) is 23.8 Å². The van der Waals surface area contributed by atoms with Gasteiger partial charge in [0.2, 0.25) is 11.8 Å². The van der Waals surface area contributed by atoms with Gasteiger partial charge in [-0.2, -0.15) is 0 Å².